The number of fused-ring (bicyclic) bond motifs is 1. The van der Waals surface area contributed by atoms with Crippen LogP contribution in [0.4, 0.5) is 5.69 Å². The highest BCUT2D eigenvalue weighted by atomic mass is 16.5. The Balaban J connectivity index is 1.74. The third kappa shape index (κ3) is 3.96. The minimum atomic E-state index is -0.533. The van der Waals surface area contributed by atoms with Crippen molar-refractivity contribution in [2.75, 3.05) is 18.5 Å². The molecule has 136 valence electrons. The van der Waals surface area contributed by atoms with E-state index in [9.17, 15) is 9.59 Å². The SMILES string of the molecule is Cc1c(OCC(=O)Nc2ccccc2)ccc2c1OC(C)(C)CNC2=O. The molecule has 0 radical (unpaired) electrons. The summed E-state index contributed by atoms with van der Waals surface area (Å²) >= 11 is 0. The molecule has 0 saturated carbocycles. The first-order valence-electron chi connectivity index (χ1n) is 8.44. The number of para-hydroxylation sites is 1. The second-order valence-corrected chi connectivity index (χ2v) is 6.81. The number of benzene rings is 2. The van der Waals surface area contributed by atoms with Crippen LogP contribution in [0.5, 0.6) is 11.5 Å². The molecule has 0 bridgehead atoms. The lowest BCUT2D eigenvalue weighted by molar-refractivity contribution is -0.118. The fourth-order valence-corrected chi connectivity index (χ4v) is 2.70. The molecule has 3 rings (SSSR count). The van der Waals surface area contributed by atoms with Gasteiger partial charge in [0.15, 0.2) is 6.61 Å². The normalized spacial score (nSPS) is 15.1. The van der Waals surface area contributed by atoms with Gasteiger partial charge in [-0.3, -0.25) is 9.59 Å². The monoisotopic (exact) mass is 354 g/mol. The summed E-state index contributed by atoms with van der Waals surface area (Å²) in [6.07, 6.45) is 0. The second kappa shape index (κ2) is 7.07. The van der Waals surface area contributed by atoms with E-state index in [1.807, 2.05) is 39.0 Å². The van der Waals surface area contributed by atoms with Crippen LogP contribution in [0.15, 0.2) is 42.5 Å². The smallest absolute Gasteiger partial charge is 0.262 e. The zero-order chi connectivity index (χ0) is 18.7. The Labute approximate surface area is 152 Å². The van der Waals surface area contributed by atoms with E-state index < -0.39 is 5.60 Å². The molecule has 6 heteroatoms. The third-order valence-electron chi connectivity index (χ3n) is 4.07. The van der Waals surface area contributed by atoms with Gasteiger partial charge in [0.05, 0.1) is 12.1 Å². The van der Waals surface area contributed by atoms with E-state index in [4.69, 9.17) is 9.47 Å². The lowest BCUT2D eigenvalue weighted by atomic mass is 10.1. The molecule has 2 aromatic rings. The van der Waals surface area contributed by atoms with Gasteiger partial charge in [0.1, 0.15) is 17.1 Å². The molecule has 26 heavy (non-hydrogen) atoms. The maximum atomic E-state index is 12.2. The fourth-order valence-electron chi connectivity index (χ4n) is 2.70. The topological polar surface area (TPSA) is 76.7 Å². The van der Waals surface area contributed by atoms with Crippen molar-refractivity contribution in [1.29, 1.82) is 0 Å². The summed E-state index contributed by atoms with van der Waals surface area (Å²) in [6.45, 7) is 5.91. The second-order valence-electron chi connectivity index (χ2n) is 6.81. The van der Waals surface area contributed by atoms with Crippen molar-refractivity contribution in [3.8, 4) is 11.5 Å². The van der Waals surface area contributed by atoms with Crippen molar-refractivity contribution < 1.29 is 19.1 Å². The molecule has 1 aliphatic heterocycles. The first-order valence-corrected chi connectivity index (χ1v) is 8.44. The van der Waals surface area contributed by atoms with Gasteiger partial charge >= 0.3 is 0 Å². The summed E-state index contributed by atoms with van der Waals surface area (Å²) in [5.74, 6) is 0.565. The van der Waals surface area contributed by atoms with E-state index >= 15 is 0 Å². The molecule has 6 nitrogen and oxygen atoms in total. The van der Waals surface area contributed by atoms with Crippen molar-refractivity contribution in [3.05, 3.63) is 53.6 Å². The Morgan fingerprint density at radius 1 is 1.23 bits per heavy atom. The Morgan fingerprint density at radius 2 is 1.96 bits per heavy atom. The molecule has 2 N–H and O–H groups in total. The van der Waals surface area contributed by atoms with Crippen molar-refractivity contribution >= 4 is 17.5 Å². The van der Waals surface area contributed by atoms with Crippen molar-refractivity contribution in [2.45, 2.75) is 26.4 Å². The first-order chi connectivity index (χ1) is 12.4. The maximum absolute atomic E-state index is 12.2. The highest BCUT2D eigenvalue weighted by Gasteiger charge is 2.30. The molecule has 1 heterocycles. The molecule has 1 aliphatic rings. The molecular formula is C20H22N2O4. The maximum Gasteiger partial charge on any atom is 0.262 e. The van der Waals surface area contributed by atoms with Crippen molar-refractivity contribution in [2.24, 2.45) is 0 Å². The van der Waals surface area contributed by atoms with Crippen LogP contribution in [-0.4, -0.2) is 30.6 Å². The van der Waals surface area contributed by atoms with E-state index in [2.05, 4.69) is 10.6 Å². The Bertz CT molecular complexity index is 831. The Kier molecular flexibility index (Phi) is 4.84. The summed E-state index contributed by atoms with van der Waals surface area (Å²) in [6, 6.07) is 12.5. The lowest BCUT2D eigenvalue weighted by Crippen LogP contribution is -2.39. The van der Waals surface area contributed by atoms with Crippen molar-refractivity contribution in [1.82, 2.24) is 5.32 Å². The number of carbonyl (C=O) groups excluding carboxylic acids is 2. The van der Waals surface area contributed by atoms with Crippen molar-refractivity contribution in [3.63, 3.8) is 0 Å². The van der Waals surface area contributed by atoms with E-state index in [0.717, 1.165) is 0 Å². The van der Waals surface area contributed by atoms with Gasteiger partial charge in [0.25, 0.3) is 11.8 Å². The molecule has 0 unspecified atom stereocenters. The molecular weight excluding hydrogens is 332 g/mol. The van der Waals surface area contributed by atoms with Gasteiger partial charge < -0.3 is 20.1 Å². The number of hydrogen-bond donors (Lipinski definition) is 2. The predicted molar refractivity (Wildman–Crippen MR) is 98.8 cm³/mol. The molecule has 2 aromatic carbocycles. The van der Waals surface area contributed by atoms with Crippen LogP contribution in [0.3, 0.4) is 0 Å². The number of ether oxygens (including phenoxy) is 2. The van der Waals surface area contributed by atoms with E-state index in [0.29, 0.717) is 34.9 Å². The third-order valence-corrected chi connectivity index (χ3v) is 4.07. The fraction of sp³-hybridized carbons (Fsp3) is 0.300. The minimum Gasteiger partial charge on any atom is -0.485 e. The largest absolute Gasteiger partial charge is 0.485 e. The minimum absolute atomic E-state index is 0.135. The summed E-state index contributed by atoms with van der Waals surface area (Å²) in [5, 5.41) is 5.61. The highest BCUT2D eigenvalue weighted by molar-refractivity contribution is 5.98. The van der Waals surface area contributed by atoms with E-state index in [1.165, 1.54) is 0 Å². The number of rotatable bonds is 4. The molecule has 0 aliphatic carbocycles. The van der Waals surface area contributed by atoms with E-state index in [-0.39, 0.29) is 18.4 Å². The zero-order valence-electron chi connectivity index (χ0n) is 15.1. The number of hydrogen-bond acceptors (Lipinski definition) is 4. The quantitative estimate of drug-likeness (QED) is 0.885. The van der Waals surface area contributed by atoms with Crippen LogP contribution >= 0.6 is 0 Å². The van der Waals surface area contributed by atoms with Gasteiger partial charge in [0.2, 0.25) is 0 Å². The highest BCUT2D eigenvalue weighted by Crippen LogP contribution is 2.35. The lowest BCUT2D eigenvalue weighted by Gasteiger charge is -2.25. The zero-order valence-corrected chi connectivity index (χ0v) is 15.1. The summed E-state index contributed by atoms with van der Waals surface area (Å²) < 4.78 is 11.7. The summed E-state index contributed by atoms with van der Waals surface area (Å²) in [7, 11) is 0. The summed E-state index contributed by atoms with van der Waals surface area (Å²) in [4.78, 5) is 24.3. The first kappa shape index (κ1) is 17.8. The van der Waals surface area contributed by atoms with Crippen LogP contribution in [0.1, 0.15) is 29.8 Å². The number of carbonyl (C=O) groups is 2. The van der Waals surface area contributed by atoms with Gasteiger partial charge in [-0.2, -0.15) is 0 Å². The van der Waals surface area contributed by atoms with Crippen LogP contribution in [0.25, 0.3) is 0 Å². The number of anilines is 1. The molecule has 0 aromatic heterocycles. The number of nitrogens with one attached hydrogen (secondary N) is 2. The molecule has 0 saturated heterocycles. The van der Waals surface area contributed by atoms with Crippen LogP contribution in [0.2, 0.25) is 0 Å². The van der Waals surface area contributed by atoms with Gasteiger partial charge in [-0.05, 0) is 45.0 Å². The molecule has 0 atom stereocenters. The van der Waals surface area contributed by atoms with Gasteiger partial charge in [-0.1, -0.05) is 18.2 Å². The van der Waals surface area contributed by atoms with Crippen LogP contribution in [-0.2, 0) is 4.79 Å². The van der Waals surface area contributed by atoms with Gasteiger partial charge in [0, 0.05) is 11.3 Å². The number of amides is 2. The standard InChI is InChI=1S/C20H22N2O4/c1-13-16(25-11-17(23)22-14-7-5-4-6-8-14)10-9-15-18(13)26-20(2,3)12-21-19(15)24/h4-10H,11-12H2,1-3H3,(H,21,24)(H,22,23). The molecule has 0 fully saturated rings. The average molecular weight is 354 g/mol. The predicted octanol–water partition coefficient (Wildman–Crippen LogP) is 2.91. The Morgan fingerprint density at radius 3 is 2.69 bits per heavy atom. The van der Waals surface area contributed by atoms with Crippen LogP contribution in [0, 0.1) is 6.92 Å². The van der Waals surface area contributed by atoms with E-state index in [1.54, 1.807) is 24.3 Å². The molecule has 0 spiro atoms. The average Bonchev–Trinajstić information content (AvgIpc) is 2.72. The van der Waals surface area contributed by atoms with Gasteiger partial charge in [-0.25, -0.2) is 0 Å². The summed E-state index contributed by atoms with van der Waals surface area (Å²) in [5.41, 5.74) is 1.34. The van der Waals surface area contributed by atoms with Crippen LogP contribution < -0.4 is 20.1 Å². The Hall–Kier alpha value is -3.02. The molecule has 2 amide bonds. The van der Waals surface area contributed by atoms with Gasteiger partial charge in [-0.15, -0.1) is 0 Å².